The number of carbonyl (C=O) groups excluding carboxylic acids is 3. The largest absolute Gasteiger partial charge is 0.332 e. The lowest BCUT2D eigenvalue weighted by Crippen LogP contribution is -2.33. The smallest absolute Gasteiger partial charge is 0.269 e. The van der Waals surface area contributed by atoms with E-state index in [2.05, 4.69) is 0 Å². The first-order chi connectivity index (χ1) is 7.50. The van der Waals surface area contributed by atoms with Crippen LogP contribution in [0.3, 0.4) is 0 Å². The van der Waals surface area contributed by atoms with Crippen LogP contribution in [-0.2, 0) is 9.59 Å². The molecule has 4 amide bonds. The predicted molar refractivity (Wildman–Crippen MR) is 57.9 cm³/mol. The quantitative estimate of drug-likeness (QED) is 0.621. The van der Waals surface area contributed by atoms with Gasteiger partial charge in [0.15, 0.2) is 0 Å². The zero-order valence-corrected chi connectivity index (χ0v) is 9.63. The van der Waals surface area contributed by atoms with Crippen molar-refractivity contribution in [2.24, 2.45) is 0 Å². The predicted octanol–water partition coefficient (Wildman–Crippen LogP) is 1.20. The Morgan fingerprint density at radius 2 is 2.00 bits per heavy atom. The summed E-state index contributed by atoms with van der Waals surface area (Å²) in [6.07, 6.45) is 0. The number of hydrogen-bond donors (Lipinski definition) is 1. The third-order valence-corrected chi connectivity index (χ3v) is 3.58. The van der Waals surface area contributed by atoms with Crippen LogP contribution in [0.4, 0.5) is 4.79 Å². The summed E-state index contributed by atoms with van der Waals surface area (Å²) in [5, 5.41) is 1.98. The molecule has 0 saturated carbocycles. The van der Waals surface area contributed by atoms with Crippen LogP contribution in [0.2, 0.25) is 0 Å². The van der Waals surface area contributed by atoms with E-state index in [9.17, 15) is 14.4 Å². The number of nitrogens with zero attached hydrogens (tertiary/aromatic N) is 1. The van der Waals surface area contributed by atoms with Gasteiger partial charge in [-0.05, 0) is 26.0 Å². The summed E-state index contributed by atoms with van der Waals surface area (Å²) < 4.78 is 0. The molecule has 0 aliphatic carbocycles. The van der Waals surface area contributed by atoms with Crippen LogP contribution in [0.1, 0.15) is 22.7 Å². The molecule has 1 atom stereocenters. The molecule has 6 heteroatoms. The molecule has 84 valence electrons. The van der Waals surface area contributed by atoms with E-state index in [4.69, 9.17) is 0 Å². The Hall–Kier alpha value is -1.69. The van der Waals surface area contributed by atoms with Gasteiger partial charge in [0.2, 0.25) is 0 Å². The van der Waals surface area contributed by atoms with E-state index in [-0.39, 0.29) is 0 Å². The molecule has 2 heterocycles. The van der Waals surface area contributed by atoms with Crippen molar-refractivity contribution >= 4 is 29.2 Å². The van der Waals surface area contributed by atoms with Gasteiger partial charge in [-0.2, -0.15) is 0 Å². The third kappa shape index (κ3) is 1.61. The highest BCUT2D eigenvalue weighted by atomic mass is 32.1. The van der Waals surface area contributed by atoms with Crippen molar-refractivity contribution in [3.8, 4) is 0 Å². The van der Waals surface area contributed by atoms with Crippen LogP contribution in [0.5, 0.6) is 0 Å². The molecular weight excluding hydrogens is 228 g/mol. The van der Waals surface area contributed by atoms with E-state index in [0.717, 1.165) is 14.7 Å². The molecule has 16 heavy (non-hydrogen) atoms. The maximum absolute atomic E-state index is 11.4. The molecule has 2 rings (SSSR count). The second-order valence-corrected chi connectivity index (χ2v) is 4.88. The minimum atomic E-state index is -0.856. The molecule has 1 aromatic rings. The molecule has 1 aliphatic rings. The molecule has 1 saturated heterocycles. The summed E-state index contributed by atoms with van der Waals surface area (Å²) in [4.78, 5) is 36.8. The third-order valence-electron chi connectivity index (χ3n) is 2.41. The molecule has 0 spiro atoms. The fourth-order valence-corrected chi connectivity index (χ4v) is 2.49. The van der Waals surface area contributed by atoms with Gasteiger partial charge in [-0.25, -0.2) is 9.69 Å². The van der Waals surface area contributed by atoms with Crippen molar-refractivity contribution in [2.45, 2.75) is 19.9 Å². The number of urea groups is 1. The second kappa shape index (κ2) is 3.71. The fourth-order valence-electron chi connectivity index (χ4n) is 1.57. The number of imide groups is 2. The molecular formula is C10H10N2O3S. The highest BCUT2D eigenvalue weighted by molar-refractivity contribution is 7.12. The first-order valence-corrected chi connectivity index (χ1v) is 5.57. The van der Waals surface area contributed by atoms with Gasteiger partial charge in [-0.1, -0.05) is 0 Å². The lowest BCUT2D eigenvalue weighted by molar-refractivity contribution is -0.140. The Bertz CT molecular complexity index is 480. The molecule has 1 N–H and O–H groups in total. The Morgan fingerprint density at radius 3 is 2.44 bits per heavy atom. The van der Waals surface area contributed by atoms with Crippen molar-refractivity contribution < 1.29 is 14.4 Å². The van der Waals surface area contributed by atoms with Crippen LogP contribution >= 0.6 is 11.3 Å². The Labute approximate surface area is 96.0 Å². The highest BCUT2D eigenvalue weighted by Crippen LogP contribution is 2.28. The van der Waals surface area contributed by atoms with Crippen LogP contribution in [0, 0.1) is 6.92 Å². The van der Waals surface area contributed by atoms with Crippen LogP contribution in [-0.4, -0.2) is 22.7 Å². The van der Waals surface area contributed by atoms with Gasteiger partial charge in [0.05, 0.1) is 6.04 Å². The van der Waals surface area contributed by atoms with E-state index in [0.29, 0.717) is 0 Å². The van der Waals surface area contributed by atoms with Gasteiger partial charge in [-0.3, -0.25) is 14.9 Å². The van der Waals surface area contributed by atoms with Crippen LogP contribution in [0.25, 0.3) is 0 Å². The first-order valence-electron chi connectivity index (χ1n) is 4.75. The molecule has 1 fully saturated rings. The van der Waals surface area contributed by atoms with Gasteiger partial charge in [-0.15, -0.1) is 11.3 Å². The standard InChI is InChI=1S/C10H10N2O3S/c1-5-3-4-7(16-5)6(2)12-9(14)8(13)11-10(12)15/h3-4,6H,1-2H3,(H,11,13,15). The molecule has 0 bridgehead atoms. The van der Waals surface area contributed by atoms with Gasteiger partial charge in [0.1, 0.15) is 0 Å². The van der Waals surface area contributed by atoms with E-state index >= 15 is 0 Å². The molecule has 1 aliphatic heterocycles. The van der Waals surface area contributed by atoms with Gasteiger partial charge < -0.3 is 0 Å². The van der Waals surface area contributed by atoms with E-state index in [1.165, 1.54) is 11.3 Å². The Morgan fingerprint density at radius 1 is 1.31 bits per heavy atom. The Balaban J connectivity index is 2.28. The van der Waals surface area contributed by atoms with Crippen LogP contribution in [0.15, 0.2) is 12.1 Å². The van der Waals surface area contributed by atoms with Crippen molar-refractivity contribution in [3.05, 3.63) is 21.9 Å². The van der Waals surface area contributed by atoms with E-state index in [1.807, 2.05) is 24.4 Å². The minimum absolute atomic E-state index is 0.405. The zero-order chi connectivity index (χ0) is 11.9. The molecule has 5 nitrogen and oxygen atoms in total. The summed E-state index contributed by atoms with van der Waals surface area (Å²) in [5.74, 6) is -1.64. The van der Waals surface area contributed by atoms with E-state index in [1.54, 1.807) is 6.92 Å². The lowest BCUT2D eigenvalue weighted by Gasteiger charge is -2.18. The molecule has 1 aromatic heterocycles. The van der Waals surface area contributed by atoms with Crippen molar-refractivity contribution in [1.29, 1.82) is 0 Å². The number of hydrogen-bond acceptors (Lipinski definition) is 4. The van der Waals surface area contributed by atoms with Crippen molar-refractivity contribution in [2.75, 3.05) is 0 Å². The fraction of sp³-hybridized carbons (Fsp3) is 0.300. The number of nitrogens with one attached hydrogen (secondary N) is 1. The summed E-state index contributed by atoms with van der Waals surface area (Å²) in [6, 6.07) is 2.72. The van der Waals surface area contributed by atoms with Gasteiger partial charge in [0.25, 0.3) is 0 Å². The number of amides is 4. The summed E-state index contributed by atoms with van der Waals surface area (Å²) in [5.41, 5.74) is 0. The zero-order valence-electron chi connectivity index (χ0n) is 8.81. The first kappa shape index (κ1) is 10.8. The van der Waals surface area contributed by atoms with Crippen molar-refractivity contribution in [1.82, 2.24) is 10.2 Å². The van der Waals surface area contributed by atoms with Gasteiger partial charge >= 0.3 is 17.8 Å². The van der Waals surface area contributed by atoms with Gasteiger partial charge in [0, 0.05) is 9.75 Å². The molecule has 0 radical (unpaired) electrons. The lowest BCUT2D eigenvalue weighted by atomic mass is 10.2. The van der Waals surface area contributed by atoms with Crippen LogP contribution < -0.4 is 5.32 Å². The maximum atomic E-state index is 11.4. The van der Waals surface area contributed by atoms with E-state index < -0.39 is 23.9 Å². The summed E-state index contributed by atoms with van der Waals surface area (Å²) in [6.45, 7) is 3.67. The second-order valence-electron chi connectivity index (χ2n) is 3.56. The topological polar surface area (TPSA) is 66.5 Å². The summed E-state index contributed by atoms with van der Waals surface area (Å²) in [7, 11) is 0. The number of rotatable bonds is 2. The monoisotopic (exact) mass is 238 g/mol. The number of thiophene rings is 1. The number of carbonyl (C=O) groups is 3. The highest BCUT2D eigenvalue weighted by Gasteiger charge is 2.40. The SMILES string of the molecule is Cc1ccc(C(C)N2C(=O)NC(=O)C2=O)s1. The normalized spacial score (nSPS) is 17.9. The minimum Gasteiger partial charge on any atom is -0.269 e. The van der Waals surface area contributed by atoms with Crippen molar-refractivity contribution in [3.63, 3.8) is 0 Å². The maximum Gasteiger partial charge on any atom is 0.332 e. The Kier molecular flexibility index (Phi) is 2.51. The number of aryl methyl sites for hydroxylation is 1. The summed E-state index contributed by atoms with van der Waals surface area (Å²) >= 11 is 1.50. The molecule has 1 unspecified atom stereocenters. The average Bonchev–Trinajstić information content (AvgIpc) is 2.73. The molecule has 0 aromatic carbocycles. The average molecular weight is 238 g/mol.